The molecule has 1 fully saturated rings. The van der Waals surface area contributed by atoms with Gasteiger partial charge in [0.05, 0.1) is 13.7 Å². The van der Waals surface area contributed by atoms with Crippen molar-refractivity contribution in [1.82, 2.24) is 9.80 Å². The second kappa shape index (κ2) is 9.52. The van der Waals surface area contributed by atoms with Gasteiger partial charge in [-0.1, -0.05) is 24.3 Å². The van der Waals surface area contributed by atoms with E-state index in [9.17, 15) is 4.79 Å². The van der Waals surface area contributed by atoms with Crippen LogP contribution in [0.25, 0.3) is 0 Å². The van der Waals surface area contributed by atoms with E-state index >= 15 is 0 Å². The van der Waals surface area contributed by atoms with E-state index in [1.54, 1.807) is 12.0 Å². The number of carbonyl (C=O) groups excluding carboxylic acids is 1. The summed E-state index contributed by atoms with van der Waals surface area (Å²) in [5.41, 5.74) is 1.82. The summed E-state index contributed by atoms with van der Waals surface area (Å²) in [4.78, 5) is 18.6. The molecule has 7 heteroatoms. The lowest BCUT2D eigenvalue weighted by Gasteiger charge is -2.36. The van der Waals surface area contributed by atoms with Crippen molar-refractivity contribution in [3.63, 3.8) is 0 Å². The molecule has 0 radical (unpaired) electrons. The SMILES string of the molecule is COc1cccc(NC(=S)N2CCN(CC(=O)N(C)c3ccccc3)CC2)c1. The van der Waals surface area contributed by atoms with Crippen LogP contribution in [0.4, 0.5) is 11.4 Å². The molecule has 1 amide bonds. The minimum Gasteiger partial charge on any atom is -0.497 e. The van der Waals surface area contributed by atoms with Gasteiger partial charge in [-0.3, -0.25) is 9.69 Å². The second-order valence-electron chi connectivity index (χ2n) is 6.71. The van der Waals surface area contributed by atoms with Gasteiger partial charge in [0.1, 0.15) is 5.75 Å². The normalized spacial score (nSPS) is 14.4. The number of amides is 1. The number of rotatable bonds is 5. The highest BCUT2D eigenvalue weighted by Crippen LogP contribution is 2.18. The van der Waals surface area contributed by atoms with Crippen LogP contribution in [0.5, 0.6) is 5.75 Å². The number of nitrogens with one attached hydrogen (secondary N) is 1. The zero-order valence-corrected chi connectivity index (χ0v) is 17.1. The Kier molecular flexibility index (Phi) is 6.84. The quantitative estimate of drug-likeness (QED) is 0.782. The second-order valence-corrected chi connectivity index (χ2v) is 7.10. The molecule has 6 nitrogen and oxygen atoms in total. The van der Waals surface area contributed by atoms with E-state index in [-0.39, 0.29) is 5.91 Å². The summed E-state index contributed by atoms with van der Waals surface area (Å²) < 4.78 is 5.24. The number of piperazine rings is 1. The molecular formula is C21H26N4O2S. The number of methoxy groups -OCH3 is 1. The fraction of sp³-hybridized carbons (Fsp3) is 0.333. The zero-order chi connectivity index (χ0) is 19.9. The van der Waals surface area contributed by atoms with Crippen molar-refractivity contribution in [1.29, 1.82) is 0 Å². The molecule has 0 saturated carbocycles. The predicted octanol–water partition coefficient (Wildman–Crippen LogP) is 2.67. The number of para-hydroxylation sites is 1. The van der Waals surface area contributed by atoms with Crippen molar-refractivity contribution >= 4 is 34.6 Å². The molecule has 2 aromatic carbocycles. The van der Waals surface area contributed by atoms with Crippen molar-refractivity contribution in [3.8, 4) is 5.75 Å². The van der Waals surface area contributed by atoms with E-state index in [1.165, 1.54) is 0 Å². The molecular weight excluding hydrogens is 372 g/mol. The first kappa shape index (κ1) is 20.1. The number of hydrogen-bond donors (Lipinski definition) is 1. The molecule has 1 heterocycles. The number of carbonyl (C=O) groups is 1. The van der Waals surface area contributed by atoms with E-state index in [4.69, 9.17) is 17.0 Å². The number of ether oxygens (including phenoxy) is 1. The van der Waals surface area contributed by atoms with Crippen LogP contribution in [0, 0.1) is 0 Å². The van der Waals surface area contributed by atoms with Gasteiger partial charge in [-0.05, 0) is 36.5 Å². The number of thiocarbonyl (C=S) groups is 1. The van der Waals surface area contributed by atoms with Crippen molar-refractivity contribution in [2.75, 3.05) is 57.1 Å². The lowest BCUT2D eigenvalue weighted by Crippen LogP contribution is -2.52. The summed E-state index contributed by atoms with van der Waals surface area (Å²) in [6.45, 7) is 3.59. The Morgan fingerprint density at radius 2 is 1.82 bits per heavy atom. The molecule has 28 heavy (non-hydrogen) atoms. The van der Waals surface area contributed by atoms with Gasteiger partial charge in [-0.25, -0.2) is 0 Å². The Hall–Kier alpha value is -2.64. The van der Waals surface area contributed by atoms with Gasteiger partial charge in [-0.15, -0.1) is 0 Å². The molecule has 0 spiro atoms. The number of likely N-dealkylation sites (N-methyl/N-ethyl adjacent to an activating group) is 1. The fourth-order valence-electron chi connectivity index (χ4n) is 3.11. The first-order chi connectivity index (χ1) is 13.6. The smallest absolute Gasteiger partial charge is 0.240 e. The third-order valence-electron chi connectivity index (χ3n) is 4.86. The third kappa shape index (κ3) is 5.21. The van der Waals surface area contributed by atoms with Crippen LogP contribution in [0.1, 0.15) is 0 Å². The van der Waals surface area contributed by atoms with Crippen molar-refractivity contribution in [3.05, 3.63) is 54.6 Å². The summed E-state index contributed by atoms with van der Waals surface area (Å²) in [6.07, 6.45) is 0. The number of hydrogen-bond acceptors (Lipinski definition) is 4. The Morgan fingerprint density at radius 3 is 2.50 bits per heavy atom. The average molecular weight is 399 g/mol. The van der Waals surface area contributed by atoms with Gasteiger partial charge >= 0.3 is 0 Å². The molecule has 1 aliphatic heterocycles. The lowest BCUT2D eigenvalue weighted by atomic mass is 10.2. The van der Waals surface area contributed by atoms with E-state index in [1.807, 2.05) is 61.6 Å². The van der Waals surface area contributed by atoms with Crippen LogP contribution in [0.15, 0.2) is 54.6 Å². The van der Waals surface area contributed by atoms with Gasteiger partial charge in [0.2, 0.25) is 5.91 Å². The molecule has 1 saturated heterocycles. The maximum Gasteiger partial charge on any atom is 0.240 e. The molecule has 148 valence electrons. The molecule has 1 N–H and O–H groups in total. The largest absolute Gasteiger partial charge is 0.497 e. The predicted molar refractivity (Wildman–Crippen MR) is 117 cm³/mol. The van der Waals surface area contributed by atoms with Gasteiger partial charge in [-0.2, -0.15) is 0 Å². The van der Waals surface area contributed by atoms with Gasteiger partial charge < -0.3 is 19.9 Å². The Bertz CT molecular complexity index is 807. The lowest BCUT2D eigenvalue weighted by molar-refractivity contribution is -0.119. The fourth-order valence-corrected chi connectivity index (χ4v) is 3.41. The summed E-state index contributed by atoms with van der Waals surface area (Å²) >= 11 is 5.55. The maximum atomic E-state index is 12.5. The molecule has 0 bridgehead atoms. The number of nitrogens with zero attached hydrogens (tertiary/aromatic N) is 3. The summed E-state index contributed by atoms with van der Waals surface area (Å²) in [5.74, 6) is 0.885. The number of anilines is 2. The topological polar surface area (TPSA) is 48.1 Å². The molecule has 3 rings (SSSR count). The van der Waals surface area contributed by atoms with Gasteiger partial charge in [0.25, 0.3) is 0 Å². The standard InChI is InChI=1S/C21H26N4O2S/c1-23(18-8-4-3-5-9-18)20(26)16-24-11-13-25(14-12-24)21(28)22-17-7-6-10-19(15-17)27-2/h3-10,15H,11-14,16H2,1-2H3,(H,22,28). The average Bonchev–Trinajstić information content (AvgIpc) is 2.74. The van der Waals surface area contributed by atoms with Crippen LogP contribution in [0.2, 0.25) is 0 Å². The molecule has 0 unspecified atom stereocenters. The van der Waals surface area contributed by atoms with Gasteiger partial charge in [0, 0.05) is 50.7 Å². The maximum absolute atomic E-state index is 12.5. The Morgan fingerprint density at radius 1 is 1.11 bits per heavy atom. The van der Waals surface area contributed by atoms with Crippen LogP contribution in [0.3, 0.4) is 0 Å². The third-order valence-corrected chi connectivity index (χ3v) is 5.22. The highest BCUT2D eigenvalue weighted by Gasteiger charge is 2.22. The number of benzene rings is 2. The highest BCUT2D eigenvalue weighted by molar-refractivity contribution is 7.80. The first-order valence-corrected chi connectivity index (χ1v) is 9.71. The van der Waals surface area contributed by atoms with Crippen LogP contribution < -0.4 is 15.0 Å². The Labute approximate surface area is 171 Å². The molecule has 2 aromatic rings. The molecule has 0 aliphatic carbocycles. The first-order valence-electron chi connectivity index (χ1n) is 9.31. The zero-order valence-electron chi connectivity index (χ0n) is 16.3. The molecule has 1 aliphatic rings. The highest BCUT2D eigenvalue weighted by atomic mass is 32.1. The van der Waals surface area contributed by atoms with E-state index in [0.717, 1.165) is 43.3 Å². The van der Waals surface area contributed by atoms with E-state index < -0.39 is 0 Å². The van der Waals surface area contributed by atoms with Crippen LogP contribution in [-0.4, -0.2) is 67.7 Å². The van der Waals surface area contributed by atoms with Crippen LogP contribution >= 0.6 is 12.2 Å². The van der Waals surface area contributed by atoms with E-state index in [0.29, 0.717) is 11.7 Å². The minimum atomic E-state index is 0.0942. The van der Waals surface area contributed by atoms with Gasteiger partial charge in [0.15, 0.2) is 5.11 Å². The van der Waals surface area contributed by atoms with E-state index in [2.05, 4.69) is 15.1 Å². The summed E-state index contributed by atoms with van der Waals surface area (Å²) in [7, 11) is 3.47. The monoisotopic (exact) mass is 398 g/mol. The van der Waals surface area contributed by atoms with Crippen molar-refractivity contribution < 1.29 is 9.53 Å². The Balaban J connectivity index is 1.47. The van der Waals surface area contributed by atoms with Crippen LogP contribution in [-0.2, 0) is 4.79 Å². The summed E-state index contributed by atoms with van der Waals surface area (Å²) in [6, 6.07) is 17.4. The summed E-state index contributed by atoms with van der Waals surface area (Å²) in [5, 5.41) is 3.96. The minimum absolute atomic E-state index is 0.0942. The van der Waals surface area contributed by atoms with Crippen molar-refractivity contribution in [2.24, 2.45) is 0 Å². The molecule has 0 atom stereocenters. The molecule has 0 aromatic heterocycles. The van der Waals surface area contributed by atoms with Crippen molar-refractivity contribution in [2.45, 2.75) is 0 Å².